The highest BCUT2D eigenvalue weighted by molar-refractivity contribution is 7.86. The Morgan fingerprint density at radius 2 is 1.27 bits per heavy atom. The number of benzene rings is 2. The molecule has 22 heavy (non-hydrogen) atoms. The molecule has 0 aliphatic carbocycles. The van der Waals surface area contributed by atoms with Crippen LogP contribution in [0.2, 0.25) is 0 Å². The molecule has 0 atom stereocenters. The number of rotatable bonds is 4. The van der Waals surface area contributed by atoms with Crippen molar-refractivity contribution in [3.63, 3.8) is 0 Å². The minimum Gasteiger partial charge on any atom is -0.282 e. The fourth-order valence-corrected chi connectivity index (χ4v) is 3.13. The van der Waals surface area contributed by atoms with Crippen molar-refractivity contribution in [2.24, 2.45) is 0 Å². The lowest BCUT2D eigenvalue weighted by atomic mass is 10.1. The van der Waals surface area contributed by atoms with E-state index in [1.807, 2.05) is 0 Å². The maximum absolute atomic E-state index is 11.3. The molecular formula is C14H11O6S2. The maximum atomic E-state index is 11.3. The lowest BCUT2D eigenvalue weighted by Gasteiger charge is -2.03. The van der Waals surface area contributed by atoms with Gasteiger partial charge in [0.05, 0.1) is 0 Å². The van der Waals surface area contributed by atoms with Gasteiger partial charge in [0.2, 0.25) is 0 Å². The number of hydrogen-bond donors (Lipinski definition) is 2. The van der Waals surface area contributed by atoms with Crippen LogP contribution in [0.3, 0.4) is 0 Å². The third-order valence-corrected chi connectivity index (χ3v) is 4.58. The molecule has 0 fully saturated rings. The van der Waals surface area contributed by atoms with E-state index >= 15 is 0 Å². The highest BCUT2D eigenvalue weighted by Gasteiger charge is 2.15. The van der Waals surface area contributed by atoms with Gasteiger partial charge in [0.1, 0.15) is 9.79 Å². The van der Waals surface area contributed by atoms with Crippen LogP contribution in [-0.2, 0) is 20.2 Å². The summed E-state index contributed by atoms with van der Waals surface area (Å²) in [6.07, 6.45) is 3.82. The van der Waals surface area contributed by atoms with Crippen LogP contribution in [-0.4, -0.2) is 25.9 Å². The first-order valence-corrected chi connectivity index (χ1v) is 8.80. The third kappa shape index (κ3) is 3.80. The standard InChI is InChI=1S/C14H11O6S2/c15-21(16,17)13-7-3-1-5-11(13)9-10-12-6-2-4-8-14(12)22(18,19)20/h1-9H,(H,15,16,17)(H,18,19,20). The lowest BCUT2D eigenvalue weighted by Crippen LogP contribution is -2.01. The first-order valence-electron chi connectivity index (χ1n) is 5.92. The van der Waals surface area contributed by atoms with E-state index < -0.39 is 20.2 Å². The molecule has 0 bridgehead atoms. The maximum Gasteiger partial charge on any atom is 0.295 e. The predicted octanol–water partition coefficient (Wildman–Crippen LogP) is 2.04. The molecule has 0 aliphatic rings. The molecule has 0 heterocycles. The number of hydrogen-bond acceptors (Lipinski definition) is 4. The molecule has 6 nitrogen and oxygen atoms in total. The van der Waals surface area contributed by atoms with Gasteiger partial charge in [0, 0.05) is 5.56 Å². The van der Waals surface area contributed by atoms with Gasteiger partial charge < -0.3 is 0 Å². The fraction of sp³-hybridized carbons (Fsp3) is 0. The molecule has 8 heteroatoms. The molecular weight excluding hydrogens is 328 g/mol. The Hall–Kier alpha value is -2.00. The monoisotopic (exact) mass is 339 g/mol. The van der Waals surface area contributed by atoms with Crippen molar-refractivity contribution in [1.29, 1.82) is 0 Å². The molecule has 0 amide bonds. The quantitative estimate of drug-likeness (QED) is 0.652. The van der Waals surface area contributed by atoms with E-state index in [1.54, 1.807) is 12.1 Å². The SMILES string of the molecule is O=S(=O)(O)c1ccccc1[C]=Cc1ccccc1S(=O)(=O)O. The van der Waals surface area contributed by atoms with Crippen LogP contribution in [0.15, 0.2) is 58.3 Å². The summed E-state index contributed by atoms with van der Waals surface area (Å²) in [5, 5.41) is 0. The van der Waals surface area contributed by atoms with Gasteiger partial charge in [-0.15, -0.1) is 0 Å². The van der Waals surface area contributed by atoms with Crippen LogP contribution in [0.4, 0.5) is 0 Å². The minimum absolute atomic E-state index is 0.0649. The molecule has 0 saturated carbocycles. The Morgan fingerprint density at radius 3 is 1.86 bits per heavy atom. The minimum atomic E-state index is -4.43. The molecule has 0 aliphatic heterocycles. The van der Waals surface area contributed by atoms with Gasteiger partial charge in [-0.2, -0.15) is 16.8 Å². The lowest BCUT2D eigenvalue weighted by molar-refractivity contribution is 0.480. The smallest absolute Gasteiger partial charge is 0.282 e. The van der Waals surface area contributed by atoms with Gasteiger partial charge in [0.25, 0.3) is 20.2 Å². The van der Waals surface area contributed by atoms with E-state index in [-0.39, 0.29) is 20.9 Å². The summed E-state index contributed by atoms with van der Waals surface area (Å²) in [6.45, 7) is 0. The van der Waals surface area contributed by atoms with Crippen LogP contribution in [0.5, 0.6) is 0 Å². The van der Waals surface area contributed by atoms with Gasteiger partial charge in [-0.05, 0) is 29.8 Å². The molecule has 2 aromatic carbocycles. The molecule has 115 valence electrons. The second-order valence-corrected chi connectivity index (χ2v) is 7.05. The summed E-state index contributed by atoms with van der Waals surface area (Å²) in [5.41, 5.74) is 0.199. The van der Waals surface area contributed by atoms with E-state index in [0.717, 1.165) is 0 Å². The first-order chi connectivity index (χ1) is 10.2. The van der Waals surface area contributed by atoms with E-state index in [1.165, 1.54) is 42.5 Å². The van der Waals surface area contributed by atoms with Gasteiger partial charge in [-0.3, -0.25) is 9.11 Å². The second kappa shape index (κ2) is 6.01. The molecule has 0 unspecified atom stereocenters. The molecule has 0 aromatic heterocycles. The fourth-order valence-electron chi connectivity index (χ4n) is 1.80. The van der Waals surface area contributed by atoms with E-state index in [4.69, 9.17) is 9.11 Å². The summed E-state index contributed by atoms with van der Waals surface area (Å²) in [6, 6.07) is 11.2. The van der Waals surface area contributed by atoms with E-state index in [9.17, 15) is 16.8 Å². The van der Waals surface area contributed by atoms with Crippen molar-refractivity contribution in [2.45, 2.75) is 9.79 Å². The zero-order valence-electron chi connectivity index (χ0n) is 11.0. The highest BCUT2D eigenvalue weighted by Crippen LogP contribution is 2.19. The van der Waals surface area contributed by atoms with Crippen LogP contribution in [0.1, 0.15) is 11.1 Å². The van der Waals surface area contributed by atoms with Gasteiger partial charge >= 0.3 is 0 Å². The van der Waals surface area contributed by atoms with E-state index in [0.29, 0.717) is 0 Å². The largest absolute Gasteiger partial charge is 0.295 e. The highest BCUT2D eigenvalue weighted by atomic mass is 32.2. The molecule has 1 radical (unpaired) electrons. The summed E-state index contributed by atoms with van der Waals surface area (Å²) in [5.74, 6) is 0. The summed E-state index contributed by atoms with van der Waals surface area (Å²) < 4.78 is 63.3. The third-order valence-electron chi connectivity index (χ3n) is 2.75. The molecule has 0 spiro atoms. The van der Waals surface area contributed by atoms with Crippen LogP contribution < -0.4 is 0 Å². The van der Waals surface area contributed by atoms with E-state index in [2.05, 4.69) is 6.08 Å². The Morgan fingerprint density at radius 1 is 0.773 bits per heavy atom. The second-order valence-electron chi connectivity index (χ2n) is 4.27. The van der Waals surface area contributed by atoms with Crippen molar-refractivity contribution < 1.29 is 25.9 Å². The molecule has 2 aromatic rings. The van der Waals surface area contributed by atoms with Crippen molar-refractivity contribution in [3.05, 3.63) is 65.7 Å². The normalized spacial score (nSPS) is 12.6. The van der Waals surface area contributed by atoms with Crippen molar-refractivity contribution >= 4 is 26.3 Å². The average Bonchev–Trinajstić information content (AvgIpc) is 2.44. The Labute approximate surface area is 128 Å². The molecule has 2 N–H and O–H groups in total. The Bertz CT molecular complexity index is 850. The first kappa shape index (κ1) is 16.4. The van der Waals surface area contributed by atoms with Crippen molar-refractivity contribution in [3.8, 4) is 0 Å². The van der Waals surface area contributed by atoms with Crippen molar-refractivity contribution in [2.75, 3.05) is 0 Å². The van der Waals surface area contributed by atoms with Gasteiger partial charge in [-0.25, -0.2) is 0 Å². The van der Waals surface area contributed by atoms with Gasteiger partial charge in [-0.1, -0.05) is 36.4 Å². The van der Waals surface area contributed by atoms with Gasteiger partial charge in [0.15, 0.2) is 0 Å². The average molecular weight is 339 g/mol. The van der Waals surface area contributed by atoms with Crippen LogP contribution in [0, 0.1) is 6.08 Å². The zero-order valence-corrected chi connectivity index (χ0v) is 12.7. The summed E-state index contributed by atoms with van der Waals surface area (Å²) in [7, 11) is -8.84. The predicted molar refractivity (Wildman–Crippen MR) is 79.3 cm³/mol. The van der Waals surface area contributed by atoms with Crippen LogP contribution in [0.25, 0.3) is 6.08 Å². The van der Waals surface area contributed by atoms with Crippen LogP contribution >= 0.6 is 0 Å². The Balaban J connectivity index is 2.53. The molecule has 2 rings (SSSR count). The summed E-state index contributed by atoms with van der Waals surface area (Å²) in [4.78, 5) is -0.678. The Kier molecular flexibility index (Phi) is 4.47. The zero-order chi connectivity index (χ0) is 16.4. The summed E-state index contributed by atoms with van der Waals surface area (Å²) >= 11 is 0. The van der Waals surface area contributed by atoms with Crippen molar-refractivity contribution in [1.82, 2.24) is 0 Å². The topological polar surface area (TPSA) is 109 Å². The molecule has 0 saturated heterocycles.